The van der Waals surface area contributed by atoms with Gasteiger partial charge in [-0.3, -0.25) is 4.79 Å². The minimum absolute atomic E-state index is 0.0204. The van der Waals surface area contributed by atoms with Crippen LogP contribution in [-0.4, -0.2) is 30.1 Å². The number of rotatable bonds is 5. The quantitative estimate of drug-likeness (QED) is 0.922. The van der Waals surface area contributed by atoms with Crippen molar-refractivity contribution >= 4 is 17.2 Å². The summed E-state index contributed by atoms with van der Waals surface area (Å²) in [5, 5.41) is 6.10. The van der Waals surface area contributed by atoms with Crippen molar-refractivity contribution in [3.8, 4) is 11.3 Å². The average molecular weight is 316 g/mol. The summed E-state index contributed by atoms with van der Waals surface area (Å²) in [6.07, 6.45) is 2.41. The molecule has 4 nitrogen and oxygen atoms in total. The van der Waals surface area contributed by atoms with Crippen molar-refractivity contribution in [2.24, 2.45) is 0 Å². The molecule has 1 saturated heterocycles. The first-order chi connectivity index (χ1) is 10.7. The van der Waals surface area contributed by atoms with E-state index >= 15 is 0 Å². The van der Waals surface area contributed by atoms with Gasteiger partial charge in [-0.2, -0.15) is 0 Å². The van der Waals surface area contributed by atoms with Crippen LogP contribution in [-0.2, 0) is 16.0 Å². The third kappa shape index (κ3) is 3.72. The normalized spacial score (nSPS) is 17.6. The fraction of sp³-hybridized carbons (Fsp3) is 0.412. The van der Waals surface area contributed by atoms with Gasteiger partial charge in [-0.05, 0) is 31.7 Å². The first kappa shape index (κ1) is 15.2. The lowest BCUT2D eigenvalue weighted by Gasteiger charge is -2.10. The number of amides is 1. The smallest absolute Gasteiger partial charge is 0.249 e. The Morgan fingerprint density at radius 1 is 1.41 bits per heavy atom. The number of hydrogen-bond donors (Lipinski definition) is 1. The Morgan fingerprint density at radius 2 is 2.23 bits per heavy atom. The molecule has 0 radical (unpaired) electrons. The van der Waals surface area contributed by atoms with Crippen molar-refractivity contribution in [2.45, 2.75) is 32.3 Å². The molecule has 1 amide bonds. The molecule has 0 bridgehead atoms. The summed E-state index contributed by atoms with van der Waals surface area (Å²) in [4.78, 5) is 16.3. The average Bonchev–Trinajstić information content (AvgIpc) is 3.19. The van der Waals surface area contributed by atoms with Crippen LogP contribution in [0.3, 0.4) is 0 Å². The molecule has 0 saturated carbocycles. The number of ether oxygens (including phenoxy) is 1. The molecule has 1 aromatic carbocycles. The molecule has 22 heavy (non-hydrogen) atoms. The van der Waals surface area contributed by atoms with Crippen LogP contribution < -0.4 is 5.32 Å². The van der Waals surface area contributed by atoms with Crippen LogP contribution in [0.25, 0.3) is 11.3 Å². The lowest BCUT2D eigenvalue weighted by Crippen LogP contribution is -2.35. The molecule has 2 aromatic rings. The zero-order valence-electron chi connectivity index (χ0n) is 12.7. The number of carbonyl (C=O) groups is 1. The van der Waals surface area contributed by atoms with E-state index in [0.29, 0.717) is 13.2 Å². The molecule has 0 aliphatic carbocycles. The summed E-state index contributed by atoms with van der Waals surface area (Å²) in [5.41, 5.74) is 3.38. The van der Waals surface area contributed by atoms with Crippen LogP contribution in [0.5, 0.6) is 0 Å². The number of aromatic nitrogens is 1. The lowest BCUT2D eigenvalue weighted by atomic mass is 10.1. The number of benzene rings is 1. The highest BCUT2D eigenvalue weighted by Gasteiger charge is 2.22. The van der Waals surface area contributed by atoms with Crippen molar-refractivity contribution < 1.29 is 9.53 Å². The van der Waals surface area contributed by atoms with Crippen LogP contribution >= 0.6 is 11.3 Å². The summed E-state index contributed by atoms with van der Waals surface area (Å²) < 4.78 is 5.37. The van der Waals surface area contributed by atoms with Crippen molar-refractivity contribution in [3.05, 3.63) is 40.2 Å². The van der Waals surface area contributed by atoms with E-state index in [1.165, 1.54) is 5.56 Å². The second-order valence-corrected chi connectivity index (χ2v) is 6.55. The Morgan fingerprint density at radius 3 is 2.86 bits per heavy atom. The van der Waals surface area contributed by atoms with Crippen LogP contribution in [0.4, 0.5) is 0 Å². The molecule has 3 rings (SSSR count). The zero-order chi connectivity index (χ0) is 15.4. The number of thiazole rings is 1. The van der Waals surface area contributed by atoms with Gasteiger partial charge in [0, 0.05) is 24.1 Å². The van der Waals surface area contributed by atoms with Gasteiger partial charge in [0.1, 0.15) is 6.10 Å². The minimum atomic E-state index is -0.240. The Balaban J connectivity index is 1.50. The molecule has 1 unspecified atom stereocenters. The van der Waals surface area contributed by atoms with E-state index in [9.17, 15) is 4.79 Å². The number of aryl methyl sites for hydroxylation is 1. The molecule has 1 atom stereocenters. The fourth-order valence-electron chi connectivity index (χ4n) is 2.57. The number of nitrogens with zero attached hydrogens (tertiary/aromatic N) is 1. The van der Waals surface area contributed by atoms with Crippen LogP contribution in [0.2, 0.25) is 0 Å². The molecule has 1 aliphatic heterocycles. The Hall–Kier alpha value is -1.72. The van der Waals surface area contributed by atoms with Gasteiger partial charge < -0.3 is 10.1 Å². The van der Waals surface area contributed by atoms with Gasteiger partial charge in [-0.25, -0.2) is 4.98 Å². The maximum atomic E-state index is 11.8. The lowest BCUT2D eigenvalue weighted by molar-refractivity contribution is -0.129. The summed E-state index contributed by atoms with van der Waals surface area (Å²) in [5.74, 6) is 0.0204. The highest BCUT2D eigenvalue weighted by atomic mass is 32.1. The number of carbonyl (C=O) groups excluding carboxylic acids is 1. The van der Waals surface area contributed by atoms with E-state index in [1.807, 2.05) is 6.92 Å². The molecule has 5 heteroatoms. The topological polar surface area (TPSA) is 51.2 Å². The molecule has 116 valence electrons. The summed E-state index contributed by atoms with van der Waals surface area (Å²) in [6.45, 7) is 3.36. The van der Waals surface area contributed by atoms with Crippen LogP contribution in [0, 0.1) is 6.92 Å². The maximum absolute atomic E-state index is 11.8. The van der Waals surface area contributed by atoms with Gasteiger partial charge in [0.15, 0.2) is 0 Å². The predicted octanol–water partition coefficient (Wildman–Crippen LogP) is 2.96. The van der Waals surface area contributed by atoms with Gasteiger partial charge in [-0.15, -0.1) is 11.3 Å². The van der Waals surface area contributed by atoms with Gasteiger partial charge in [0.2, 0.25) is 5.91 Å². The summed E-state index contributed by atoms with van der Waals surface area (Å²) in [6, 6.07) is 8.38. The molecule has 1 aromatic heterocycles. The minimum Gasteiger partial charge on any atom is -0.368 e. The van der Waals surface area contributed by atoms with Gasteiger partial charge >= 0.3 is 0 Å². The standard InChI is InChI=1S/C17H20N2O2S/c1-12-19-15(11-22-12)14-6-4-13(5-7-14)8-9-18-17(20)16-3-2-10-21-16/h4-7,11,16H,2-3,8-10H2,1H3,(H,18,20). The van der Waals surface area contributed by atoms with Gasteiger partial charge in [-0.1, -0.05) is 24.3 Å². The zero-order valence-corrected chi connectivity index (χ0v) is 13.5. The molecular formula is C17H20N2O2S. The molecule has 1 fully saturated rings. The second kappa shape index (κ2) is 7.03. The van der Waals surface area contributed by atoms with Gasteiger partial charge in [0.05, 0.1) is 10.7 Å². The molecule has 2 heterocycles. The highest BCUT2D eigenvalue weighted by Crippen LogP contribution is 2.21. The molecule has 1 aliphatic rings. The Kier molecular flexibility index (Phi) is 4.85. The fourth-order valence-corrected chi connectivity index (χ4v) is 3.19. The monoisotopic (exact) mass is 316 g/mol. The van der Waals surface area contributed by atoms with E-state index < -0.39 is 0 Å². The van der Waals surface area contributed by atoms with Crippen molar-refractivity contribution in [1.29, 1.82) is 0 Å². The van der Waals surface area contributed by atoms with E-state index in [2.05, 4.69) is 39.9 Å². The third-order valence-corrected chi connectivity index (χ3v) is 4.58. The largest absolute Gasteiger partial charge is 0.368 e. The Labute approximate surface area is 134 Å². The SMILES string of the molecule is Cc1nc(-c2ccc(CCNC(=O)C3CCCO3)cc2)cs1. The van der Waals surface area contributed by atoms with Crippen LogP contribution in [0.1, 0.15) is 23.4 Å². The maximum Gasteiger partial charge on any atom is 0.249 e. The Bertz CT molecular complexity index is 630. The van der Waals surface area contributed by atoms with E-state index in [-0.39, 0.29) is 12.0 Å². The van der Waals surface area contributed by atoms with E-state index in [0.717, 1.165) is 35.5 Å². The number of hydrogen-bond acceptors (Lipinski definition) is 4. The first-order valence-electron chi connectivity index (χ1n) is 7.63. The molecular weight excluding hydrogens is 296 g/mol. The molecule has 1 N–H and O–H groups in total. The second-order valence-electron chi connectivity index (χ2n) is 5.49. The van der Waals surface area contributed by atoms with Crippen LogP contribution in [0.15, 0.2) is 29.6 Å². The summed E-state index contributed by atoms with van der Waals surface area (Å²) in [7, 11) is 0. The van der Waals surface area contributed by atoms with Gasteiger partial charge in [0.25, 0.3) is 0 Å². The summed E-state index contributed by atoms with van der Waals surface area (Å²) >= 11 is 1.66. The first-order valence-corrected chi connectivity index (χ1v) is 8.51. The van der Waals surface area contributed by atoms with Crippen molar-refractivity contribution in [3.63, 3.8) is 0 Å². The van der Waals surface area contributed by atoms with Crippen molar-refractivity contribution in [2.75, 3.05) is 13.2 Å². The van der Waals surface area contributed by atoms with E-state index in [1.54, 1.807) is 11.3 Å². The highest BCUT2D eigenvalue weighted by molar-refractivity contribution is 7.09. The van der Waals surface area contributed by atoms with Crippen molar-refractivity contribution in [1.82, 2.24) is 10.3 Å². The van der Waals surface area contributed by atoms with E-state index in [4.69, 9.17) is 4.74 Å². The predicted molar refractivity (Wildman–Crippen MR) is 88.0 cm³/mol. The third-order valence-electron chi connectivity index (χ3n) is 3.80. The molecule has 0 spiro atoms. The number of nitrogens with one attached hydrogen (secondary N) is 1.